The van der Waals surface area contributed by atoms with Crippen molar-refractivity contribution in [2.45, 2.75) is 39.3 Å². The molecule has 1 aromatic rings. The Balaban J connectivity index is 2.06. The molecule has 98 valence electrons. The van der Waals surface area contributed by atoms with Crippen LogP contribution in [0.2, 0.25) is 0 Å². The van der Waals surface area contributed by atoms with E-state index >= 15 is 0 Å². The Kier molecular flexibility index (Phi) is 3.71. The first-order valence-corrected chi connectivity index (χ1v) is 6.52. The van der Waals surface area contributed by atoms with Gasteiger partial charge in [-0.05, 0) is 62.9 Å². The number of rotatable bonds is 5. The van der Waals surface area contributed by atoms with Crippen molar-refractivity contribution in [3.8, 4) is 0 Å². The van der Waals surface area contributed by atoms with E-state index in [0.29, 0.717) is 11.6 Å². The zero-order valence-corrected chi connectivity index (χ0v) is 11.3. The summed E-state index contributed by atoms with van der Waals surface area (Å²) in [7, 11) is 2.15. The smallest absolute Gasteiger partial charge is 0.335 e. The van der Waals surface area contributed by atoms with E-state index in [-0.39, 0.29) is 0 Å². The summed E-state index contributed by atoms with van der Waals surface area (Å²) >= 11 is 0. The lowest BCUT2D eigenvalue weighted by molar-refractivity contribution is 0.0696. The molecule has 0 bridgehead atoms. The van der Waals surface area contributed by atoms with Crippen molar-refractivity contribution in [1.29, 1.82) is 0 Å². The normalized spacial score (nSPS) is 16.9. The van der Waals surface area contributed by atoms with Gasteiger partial charge in [0.05, 0.1) is 5.56 Å². The van der Waals surface area contributed by atoms with E-state index in [1.165, 1.54) is 18.4 Å². The highest BCUT2D eigenvalue weighted by Crippen LogP contribution is 2.35. The standard InChI is InChI=1S/C15H21NO2/c1-10-8-13(15(17)18)6-7-14(10)9-16(3)11(2)12-4-5-12/h6-8,11-12H,4-5,9H2,1-3H3,(H,17,18). The van der Waals surface area contributed by atoms with E-state index in [0.717, 1.165) is 18.0 Å². The maximum atomic E-state index is 10.9. The predicted octanol–water partition coefficient (Wildman–Crippen LogP) is 2.92. The van der Waals surface area contributed by atoms with Crippen LogP contribution >= 0.6 is 0 Å². The van der Waals surface area contributed by atoms with Gasteiger partial charge in [-0.2, -0.15) is 0 Å². The molecule has 0 saturated heterocycles. The van der Waals surface area contributed by atoms with Crippen LogP contribution in [-0.4, -0.2) is 29.1 Å². The molecular weight excluding hydrogens is 226 g/mol. The van der Waals surface area contributed by atoms with E-state index in [1.54, 1.807) is 12.1 Å². The number of carbonyl (C=O) groups is 1. The van der Waals surface area contributed by atoms with Gasteiger partial charge < -0.3 is 5.11 Å². The molecule has 0 aromatic heterocycles. The molecule has 2 rings (SSSR count). The van der Waals surface area contributed by atoms with Crippen LogP contribution in [-0.2, 0) is 6.54 Å². The highest BCUT2D eigenvalue weighted by molar-refractivity contribution is 5.87. The molecule has 1 aliphatic rings. The maximum Gasteiger partial charge on any atom is 0.335 e. The Morgan fingerprint density at radius 1 is 1.50 bits per heavy atom. The summed E-state index contributed by atoms with van der Waals surface area (Å²) in [6.45, 7) is 5.15. The third-order valence-electron chi connectivity index (χ3n) is 4.01. The van der Waals surface area contributed by atoms with Crippen molar-refractivity contribution in [3.05, 3.63) is 34.9 Å². The van der Waals surface area contributed by atoms with Crippen molar-refractivity contribution < 1.29 is 9.90 Å². The molecule has 1 aromatic carbocycles. The molecule has 3 heteroatoms. The highest BCUT2D eigenvalue weighted by Gasteiger charge is 2.30. The quantitative estimate of drug-likeness (QED) is 0.869. The van der Waals surface area contributed by atoms with E-state index in [4.69, 9.17) is 5.11 Å². The lowest BCUT2D eigenvalue weighted by Crippen LogP contribution is -2.30. The SMILES string of the molecule is Cc1cc(C(=O)O)ccc1CN(C)C(C)C1CC1. The first kappa shape index (κ1) is 13.1. The molecule has 0 spiro atoms. The van der Waals surface area contributed by atoms with E-state index in [9.17, 15) is 4.79 Å². The minimum absolute atomic E-state index is 0.370. The van der Waals surface area contributed by atoms with Crippen LogP contribution in [0.5, 0.6) is 0 Å². The van der Waals surface area contributed by atoms with Crippen LogP contribution in [0.25, 0.3) is 0 Å². The molecule has 0 aliphatic heterocycles. The molecular formula is C15H21NO2. The highest BCUT2D eigenvalue weighted by atomic mass is 16.4. The van der Waals surface area contributed by atoms with E-state index < -0.39 is 5.97 Å². The van der Waals surface area contributed by atoms with Crippen LogP contribution in [0.3, 0.4) is 0 Å². The summed E-state index contributed by atoms with van der Waals surface area (Å²) in [6, 6.07) is 6.01. The molecule has 18 heavy (non-hydrogen) atoms. The Morgan fingerprint density at radius 3 is 2.67 bits per heavy atom. The number of hydrogen-bond acceptors (Lipinski definition) is 2. The van der Waals surface area contributed by atoms with Crippen LogP contribution in [0.15, 0.2) is 18.2 Å². The van der Waals surface area contributed by atoms with Crippen LogP contribution in [0, 0.1) is 12.8 Å². The third kappa shape index (κ3) is 2.91. The van der Waals surface area contributed by atoms with Gasteiger partial charge in [0.15, 0.2) is 0 Å². The average Bonchev–Trinajstić information content (AvgIpc) is 3.14. The van der Waals surface area contributed by atoms with Crippen molar-refractivity contribution in [2.75, 3.05) is 7.05 Å². The Hall–Kier alpha value is -1.35. The van der Waals surface area contributed by atoms with Gasteiger partial charge >= 0.3 is 5.97 Å². The molecule has 1 fully saturated rings. The minimum atomic E-state index is -0.857. The van der Waals surface area contributed by atoms with Crippen LogP contribution < -0.4 is 0 Å². The largest absolute Gasteiger partial charge is 0.478 e. The molecule has 0 amide bonds. The molecule has 3 nitrogen and oxygen atoms in total. The first-order chi connectivity index (χ1) is 8.49. The molecule has 1 saturated carbocycles. The zero-order chi connectivity index (χ0) is 13.3. The summed E-state index contributed by atoms with van der Waals surface area (Å²) in [6.07, 6.45) is 2.70. The molecule has 1 atom stereocenters. The fourth-order valence-electron chi connectivity index (χ4n) is 2.36. The second-order valence-corrected chi connectivity index (χ2v) is 5.44. The van der Waals surface area contributed by atoms with Crippen molar-refractivity contribution in [2.24, 2.45) is 5.92 Å². The van der Waals surface area contributed by atoms with Gasteiger partial charge in [-0.15, -0.1) is 0 Å². The monoisotopic (exact) mass is 247 g/mol. The number of hydrogen-bond donors (Lipinski definition) is 1. The van der Waals surface area contributed by atoms with Gasteiger partial charge in [0.25, 0.3) is 0 Å². The third-order valence-corrected chi connectivity index (χ3v) is 4.01. The summed E-state index contributed by atoms with van der Waals surface area (Å²) in [5.41, 5.74) is 2.65. The predicted molar refractivity (Wildman–Crippen MR) is 71.8 cm³/mol. The van der Waals surface area contributed by atoms with Gasteiger partial charge in [0.1, 0.15) is 0 Å². The van der Waals surface area contributed by atoms with Crippen LogP contribution in [0.4, 0.5) is 0 Å². The van der Waals surface area contributed by atoms with E-state index in [2.05, 4.69) is 18.9 Å². The van der Waals surface area contributed by atoms with Crippen molar-refractivity contribution in [1.82, 2.24) is 4.90 Å². The number of aryl methyl sites for hydroxylation is 1. The van der Waals surface area contributed by atoms with Gasteiger partial charge in [-0.3, -0.25) is 4.90 Å². The second kappa shape index (κ2) is 5.11. The fraction of sp³-hybridized carbons (Fsp3) is 0.533. The molecule has 1 N–H and O–H groups in total. The molecule has 1 unspecified atom stereocenters. The number of carboxylic acid groups (broad SMARTS) is 1. The minimum Gasteiger partial charge on any atom is -0.478 e. The fourth-order valence-corrected chi connectivity index (χ4v) is 2.36. The average molecular weight is 247 g/mol. The van der Waals surface area contributed by atoms with Gasteiger partial charge in [-0.25, -0.2) is 4.79 Å². The number of aromatic carboxylic acids is 1. The topological polar surface area (TPSA) is 40.5 Å². The van der Waals surface area contributed by atoms with Crippen LogP contribution in [0.1, 0.15) is 41.3 Å². The molecule has 1 aliphatic carbocycles. The van der Waals surface area contributed by atoms with Crippen molar-refractivity contribution in [3.63, 3.8) is 0 Å². The summed E-state index contributed by atoms with van der Waals surface area (Å²) in [5.74, 6) is -0.00190. The Morgan fingerprint density at radius 2 is 2.17 bits per heavy atom. The number of nitrogens with zero attached hydrogens (tertiary/aromatic N) is 1. The summed E-state index contributed by atoms with van der Waals surface area (Å²) in [4.78, 5) is 13.2. The Bertz CT molecular complexity index is 452. The number of benzene rings is 1. The zero-order valence-electron chi connectivity index (χ0n) is 11.3. The van der Waals surface area contributed by atoms with Crippen molar-refractivity contribution >= 4 is 5.97 Å². The lowest BCUT2D eigenvalue weighted by Gasteiger charge is -2.25. The first-order valence-electron chi connectivity index (χ1n) is 6.52. The second-order valence-electron chi connectivity index (χ2n) is 5.44. The van der Waals surface area contributed by atoms with Gasteiger partial charge in [0.2, 0.25) is 0 Å². The summed E-state index contributed by atoms with van der Waals surface area (Å²) < 4.78 is 0. The van der Waals surface area contributed by atoms with E-state index in [1.807, 2.05) is 13.0 Å². The van der Waals surface area contributed by atoms with Gasteiger partial charge in [0, 0.05) is 12.6 Å². The summed E-state index contributed by atoms with van der Waals surface area (Å²) in [5, 5.41) is 8.94. The lowest BCUT2D eigenvalue weighted by atomic mass is 10.0. The maximum absolute atomic E-state index is 10.9. The van der Waals surface area contributed by atoms with Gasteiger partial charge in [-0.1, -0.05) is 6.07 Å². The molecule has 0 heterocycles. The molecule has 0 radical (unpaired) electrons. The number of carboxylic acids is 1. The Labute approximate surface area is 108 Å².